The maximum absolute atomic E-state index is 12.7. The molecule has 0 aliphatic heterocycles. The molecule has 2 heterocycles. The van der Waals surface area contributed by atoms with E-state index in [-0.39, 0.29) is 28.0 Å². The molecule has 9 nitrogen and oxygen atoms in total. The van der Waals surface area contributed by atoms with E-state index in [2.05, 4.69) is 10.3 Å². The van der Waals surface area contributed by atoms with E-state index in [0.717, 1.165) is 10.1 Å². The van der Waals surface area contributed by atoms with Crippen molar-refractivity contribution in [1.29, 1.82) is 0 Å². The number of nitrogens with zero attached hydrogens (tertiary/aromatic N) is 4. The van der Waals surface area contributed by atoms with E-state index >= 15 is 0 Å². The molecular weight excluding hydrogens is 362 g/mol. The summed E-state index contributed by atoms with van der Waals surface area (Å²) in [4.78, 5) is 41.8. The highest BCUT2D eigenvalue weighted by molar-refractivity contribution is 5.92. The number of carbonyl (C=O) groups is 1. The average Bonchev–Trinajstić information content (AvgIpc) is 2.99. The van der Waals surface area contributed by atoms with Gasteiger partial charge < -0.3 is 15.0 Å². The lowest BCUT2D eigenvalue weighted by molar-refractivity contribution is -0.116. The van der Waals surface area contributed by atoms with Crippen LogP contribution in [-0.2, 0) is 30.8 Å². The molecular formula is C19H23N5O4. The summed E-state index contributed by atoms with van der Waals surface area (Å²) in [6.07, 6.45) is 1.44. The van der Waals surface area contributed by atoms with Gasteiger partial charge in [-0.3, -0.25) is 14.2 Å². The van der Waals surface area contributed by atoms with Crippen LogP contribution in [0.15, 0.2) is 34.1 Å². The minimum atomic E-state index is -0.640. The molecule has 1 amide bonds. The number of rotatable bonds is 3. The van der Waals surface area contributed by atoms with Crippen LogP contribution in [0.25, 0.3) is 11.2 Å². The van der Waals surface area contributed by atoms with Gasteiger partial charge in [0.2, 0.25) is 5.91 Å². The summed E-state index contributed by atoms with van der Waals surface area (Å²) in [5, 5.41) is 12.6. The second-order valence-corrected chi connectivity index (χ2v) is 7.79. The maximum Gasteiger partial charge on any atom is 0.332 e. The summed E-state index contributed by atoms with van der Waals surface area (Å²) in [6.45, 7) is 5.55. The highest BCUT2D eigenvalue weighted by Crippen LogP contribution is 2.30. The second-order valence-electron chi connectivity index (χ2n) is 7.79. The first-order valence-corrected chi connectivity index (χ1v) is 8.75. The second kappa shape index (κ2) is 6.66. The Balaban J connectivity index is 1.96. The van der Waals surface area contributed by atoms with Crippen LogP contribution in [0, 0.1) is 0 Å². The molecule has 2 aromatic heterocycles. The van der Waals surface area contributed by atoms with Crippen LogP contribution in [0.4, 0.5) is 5.69 Å². The number of phenolic OH excluding ortho intramolecular Hbond substituents is 1. The summed E-state index contributed by atoms with van der Waals surface area (Å²) in [5.41, 5.74) is 0.218. The van der Waals surface area contributed by atoms with Crippen LogP contribution < -0.4 is 16.6 Å². The van der Waals surface area contributed by atoms with Crippen LogP contribution in [0.3, 0.4) is 0 Å². The molecule has 0 saturated heterocycles. The molecule has 28 heavy (non-hydrogen) atoms. The number of hydrogen-bond acceptors (Lipinski definition) is 5. The van der Waals surface area contributed by atoms with E-state index in [1.807, 2.05) is 20.8 Å². The maximum atomic E-state index is 12.7. The lowest BCUT2D eigenvalue weighted by atomic mass is 9.87. The lowest BCUT2D eigenvalue weighted by Gasteiger charge is -2.20. The number of aromatic hydroxyl groups is 1. The van der Waals surface area contributed by atoms with Crippen molar-refractivity contribution in [2.75, 3.05) is 5.32 Å². The van der Waals surface area contributed by atoms with Crippen molar-refractivity contribution in [2.24, 2.45) is 14.1 Å². The number of hydrogen-bond donors (Lipinski definition) is 2. The fraction of sp³-hybridized carbons (Fsp3) is 0.368. The summed E-state index contributed by atoms with van der Waals surface area (Å²) in [6, 6.07) is 4.96. The molecule has 0 bridgehead atoms. The molecule has 0 fully saturated rings. The molecule has 3 aromatic rings. The standard InChI is InChI=1S/C19H23N5O4/c1-19(2,3)11-6-7-13(25)12(8-11)21-14(26)9-24-17(27)15-16(20-10-22(15)4)23(5)18(24)28/h6-8,10,25H,9H2,1-5H3,(H,21,26). The molecule has 2 N–H and O–H groups in total. The molecule has 1 aromatic carbocycles. The van der Waals surface area contributed by atoms with Crippen LogP contribution in [0.5, 0.6) is 5.75 Å². The Bertz CT molecular complexity index is 1190. The van der Waals surface area contributed by atoms with Crippen molar-refractivity contribution in [3.63, 3.8) is 0 Å². The van der Waals surface area contributed by atoms with Gasteiger partial charge in [0.15, 0.2) is 11.2 Å². The Hall–Kier alpha value is -3.36. The van der Waals surface area contributed by atoms with Gasteiger partial charge in [-0.1, -0.05) is 26.8 Å². The summed E-state index contributed by atoms with van der Waals surface area (Å²) in [5.74, 6) is -0.689. The minimum Gasteiger partial charge on any atom is -0.506 e. The molecule has 0 aliphatic rings. The van der Waals surface area contributed by atoms with Gasteiger partial charge in [-0.15, -0.1) is 0 Å². The fourth-order valence-corrected chi connectivity index (χ4v) is 2.97. The van der Waals surface area contributed by atoms with Crippen molar-refractivity contribution in [3.8, 4) is 5.75 Å². The average molecular weight is 385 g/mol. The third kappa shape index (κ3) is 3.30. The first-order chi connectivity index (χ1) is 13.0. The highest BCUT2D eigenvalue weighted by Gasteiger charge is 2.19. The topological polar surface area (TPSA) is 111 Å². The lowest BCUT2D eigenvalue weighted by Crippen LogP contribution is -2.42. The van der Waals surface area contributed by atoms with Crippen molar-refractivity contribution < 1.29 is 9.90 Å². The number of aromatic nitrogens is 4. The number of anilines is 1. The molecule has 0 radical (unpaired) electrons. The van der Waals surface area contributed by atoms with Crippen LogP contribution in [-0.4, -0.2) is 29.7 Å². The summed E-state index contributed by atoms with van der Waals surface area (Å²) >= 11 is 0. The number of fused-ring (bicyclic) bond motifs is 1. The van der Waals surface area contributed by atoms with Crippen LogP contribution >= 0.6 is 0 Å². The quantitative estimate of drug-likeness (QED) is 0.655. The number of phenols is 1. The van der Waals surface area contributed by atoms with E-state index in [0.29, 0.717) is 0 Å². The largest absolute Gasteiger partial charge is 0.506 e. The predicted octanol–water partition coefficient (Wildman–Crippen LogP) is 1.08. The normalized spacial score (nSPS) is 11.8. The molecule has 148 valence electrons. The molecule has 9 heteroatoms. The Labute approximate surface area is 160 Å². The van der Waals surface area contributed by atoms with E-state index < -0.39 is 23.7 Å². The number of amides is 1. The Kier molecular flexibility index (Phi) is 4.62. The number of aryl methyl sites for hydroxylation is 2. The predicted molar refractivity (Wildman–Crippen MR) is 106 cm³/mol. The third-order valence-corrected chi connectivity index (χ3v) is 4.64. The zero-order valence-corrected chi connectivity index (χ0v) is 16.5. The van der Waals surface area contributed by atoms with Crippen molar-refractivity contribution in [2.45, 2.75) is 32.7 Å². The Morgan fingerprint density at radius 2 is 1.89 bits per heavy atom. The molecule has 0 saturated carbocycles. The van der Waals surface area contributed by atoms with Gasteiger partial charge in [-0.05, 0) is 23.1 Å². The molecule has 0 unspecified atom stereocenters. The first-order valence-electron chi connectivity index (χ1n) is 8.75. The van der Waals surface area contributed by atoms with Crippen molar-refractivity contribution in [3.05, 3.63) is 50.9 Å². The monoisotopic (exact) mass is 385 g/mol. The van der Waals surface area contributed by atoms with Gasteiger partial charge in [0.05, 0.1) is 12.0 Å². The summed E-state index contributed by atoms with van der Waals surface area (Å²) in [7, 11) is 3.13. The van der Waals surface area contributed by atoms with Gasteiger partial charge in [-0.25, -0.2) is 14.3 Å². The van der Waals surface area contributed by atoms with Crippen molar-refractivity contribution >= 4 is 22.8 Å². The van der Waals surface area contributed by atoms with E-state index in [1.165, 1.54) is 28.6 Å². The van der Waals surface area contributed by atoms with E-state index in [9.17, 15) is 19.5 Å². The molecule has 0 atom stereocenters. The number of nitrogens with one attached hydrogen (secondary N) is 1. The van der Waals surface area contributed by atoms with Gasteiger partial charge in [0.25, 0.3) is 5.56 Å². The van der Waals surface area contributed by atoms with E-state index in [4.69, 9.17) is 0 Å². The highest BCUT2D eigenvalue weighted by atomic mass is 16.3. The minimum absolute atomic E-state index is 0.0938. The van der Waals surface area contributed by atoms with Gasteiger partial charge in [-0.2, -0.15) is 0 Å². The van der Waals surface area contributed by atoms with Gasteiger partial charge in [0.1, 0.15) is 12.3 Å². The van der Waals surface area contributed by atoms with Crippen molar-refractivity contribution in [1.82, 2.24) is 18.7 Å². The van der Waals surface area contributed by atoms with Gasteiger partial charge in [0, 0.05) is 14.1 Å². The number of benzene rings is 1. The SMILES string of the molecule is Cn1cnc2c1c(=O)n(CC(=O)Nc1cc(C(C)(C)C)ccc1O)c(=O)n2C. The zero-order chi connectivity index (χ0) is 20.8. The molecule has 3 rings (SSSR count). The smallest absolute Gasteiger partial charge is 0.332 e. The fourth-order valence-electron chi connectivity index (χ4n) is 2.97. The van der Waals surface area contributed by atoms with Crippen LogP contribution in [0.2, 0.25) is 0 Å². The number of carbonyl (C=O) groups excluding carboxylic acids is 1. The zero-order valence-electron chi connectivity index (χ0n) is 16.5. The first kappa shape index (κ1) is 19.4. The Morgan fingerprint density at radius 3 is 2.54 bits per heavy atom. The third-order valence-electron chi connectivity index (χ3n) is 4.64. The van der Waals surface area contributed by atoms with E-state index in [1.54, 1.807) is 19.2 Å². The molecule has 0 spiro atoms. The van der Waals surface area contributed by atoms with Gasteiger partial charge >= 0.3 is 5.69 Å². The summed E-state index contributed by atoms with van der Waals surface area (Å²) < 4.78 is 3.58. The number of imidazole rings is 1. The Morgan fingerprint density at radius 1 is 1.21 bits per heavy atom. The van der Waals surface area contributed by atoms with Crippen LogP contribution in [0.1, 0.15) is 26.3 Å². The molecule has 0 aliphatic carbocycles.